The van der Waals surface area contributed by atoms with E-state index in [2.05, 4.69) is 9.97 Å². The summed E-state index contributed by atoms with van der Waals surface area (Å²) in [5.74, 6) is 0. The monoisotopic (exact) mass is 214 g/mol. The van der Waals surface area contributed by atoms with Gasteiger partial charge in [0, 0.05) is 6.20 Å². The predicted molar refractivity (Wildman–Crippen MR) is 49.8 cm³/mol. The van der Waals surface area contributed by atoms with Gasteiger partial charge < -0.3 is 4.42 Å². The molecule has 0 bridgehead atoms. The van der Waals surface area contributed by atoms with Gasteiger partial charge in [0.05, 0.1) is 10.7 Å². The highest BCUT2D eigenvalue weighted by Crippen LogP contribution is 2.19. The van der Waals surface area contributed by atoms with E-state index in [1.54, 1.807) is 18.3 Å². The maximum Gasteiger partial charge on any atom is 0.292 e. The van der Waals surface area contributed by atoms with Gasteiger partial charge in [-0.2, -0.15) is 4.98 Å². The zero-order valence-electron chi connectivity index (χ0n) is 6.37. The Bertz CT molecular complexity index is 410. The fraction of sp³-hybridized carbons (Fsp3) is 0. The Morgan fingerprint density at radius 2 is 2.00 bits per heavy atom. The molecular weight excluding hydrogens is 211 g/mol. The standard InChI is InChI=1S/C8H4Cl2N2O/c9-5-1-2-6(11-3-5)7-4-13-8(10)12-7/h1-4H. The Kier molecular flexibility index (Phi) is 2.20. The number of halogens is 2. The van der Waals surface area contributed by atoms with Gasteiger partial charge in [-0.3, -0.25) is 4.98 Å². The van der Waals surface area contributed by atoms with Crippen LogP contribution in [-0.2, 0) is 0 Å². The van der Waals surface area contributed by atoms with Crippen molar-refractivity contribution in [2.75, 3.05) is 0 Å². The molecule has 0 unspecified atom stereocenters. The Hall–Kier alpha value is -1.06. The molecule has 2 aromatic rings. The van der Waals surface area contributed by atoms with E-state index in [1.165, 1.54) is 6.26 Å². The number of hydrogen-bond acceptors (Lipinski definition) is 3. The van der Waals surface area contributed by atoms with Gasteiger partial charge in [-0.15, -0.1) is 0 Å². The van der Waals surface area contributed by atoms with Gasteiger partial charge in [0.2, 0.25) is 0 Å². The minimum atomic E-state index is 0.103. The smallest absolute Gasteiger partial charge is 0.292 e. The van der Waals surface area contributed by atoms with Crippen LogP contribution in [0, 0.1) is 0 Å². The van der Waals surface area contributed by atoms with Crippen molar-refractivity contribution in [3.05, 3.63) is 35.0 Å². The average Bonchev–Trinajstić information content (AvgIpc) is 2.53. The first kappa shape index (κ1) is 8.53. The Morgan fingerprint density at radius 1 is 1.15 bits per heavy atom. The second kappa shape index (κ2) is 3.36. The van der Waals surface area contributed by atoms with Crippen molar-refractivity contribution in [2.24, 2.45) is 0 Å². The average molecular weight is 215 g/mol. The zero-order valence-corrected chi connectivity index (χ0v) is 7.88. The topological polar surface area (TPSA) is 38.9 Å². The van der Waals surface area contributed by atoms with E-state index in [1.807, 2.05) is 0 Å². The van der Waals surface area contributed by atoms with Crippen LogP contribution in [0.3, 0.4) is 0 Å². The third-order valence-corrected chi connectivity index (χ3v) is 1.86. The molecule has 2 aromatic heterocycles. The molecule has 0 saturated heterocycles. The molecule has 0 aliphatic rings. The van der Waals surface area contributed by atoms with Gasteiger partial charge in [0.1, 0.15) is 12.0 Å². The molecule has 0 amide bonds. The summed E-state index contributed by atoms with van der Waals surface area (Å²) < 4.78 is 4.83. The molecule has 66 valence electrons. The molecule has 3 nitrogen and oxygen atoms in total. The predicted octanol–water partition coefficient (Wildman–Crippen LogP) is 3.04. The molecule has 0 spiro atoms. The molecule has 0 atom stereocenters. The molecule has 0 aliphatic carbocycles. The van der Waals surface area contributed by atoms with Gasteiger partial charge in [0.15, 0.2) is 0 Å². The molecule has 2 rings (SSSR count). The molecule has 0 N–H and O–H groups in total. The highest BCUT2D eigenvalue weighted by molar-refractivity contribution is 6.30. The number of hydrogen-bond donors (Lipinski definition) is 0. The highest BCUT2D eigenvalue weighted by atomic mass is 35.5. The van der Waals surface area contributed by atoms with Crippen molar-refractivity contribution in [3.8, 4) is 11.4 Å². The lowest BCUT2D eigenvalue weighted by molar-refractivity contribution is 0.560. The molecule has 13 heavy (non-hydrogen) atoms. The largest absolute Gasteiger partial charge is 0.435 e. The lowest BCUT2D eigenvalue weighted by Gasteiger charge is -1.92. The maximum atomic E-state index is 5.67. The SMILES string of the molecule is Clc1ccc(-c2coc(Cl)n2)nc1. The third-order valence-electron chi connectivity index (χ3n) is 1.47. The third kappa shape index (κ3) is 1.82. The van der Waals surface area contributed by atoms with Crippen LogP contribution in [0.15, 0.2) is 29.0 Å². The number of aromatic nitrogens is 2. The van der Waals surface area contributed by atoms with Crippen molar-refractivity contribution in [2.45, 2.75) is 0 Å². The maximum absolute atomic E-state index is 5.67. The number of oxazole rings is 1. The lowest BCUT2D eigenvalue weighted by Crippen LogP contribution is -1.81. The van der Waals surface area contributed by atoms with E-state index in [0.29, 0.717) is 16.4 Å². The summed E-state index contributed by atoms with van der Waals surface area (Å²) in [4.78, 5) is 7.95. The first-order chi connectivity index (χ1) is 6.25. The quantitative estimate of drug-likeness (QED) is 0.733. The summed E-state index contributed by atoms with van der Waals surface area (Å²) in [7, 11) is 0. The van der Waals surface area contributed by atoms with Crippen molar-refractivity contribution < 1.29 is 4.42 Å². The lowest BCUT2D eigenvalue weighted by atomic mass is 10.3. The van der Waals surface area contributed by atoms with E-state index in [9.17, 15) is 0 Å². The first-order valence-electron chi connectivity index (χ1n) is 3.48. The normalized spacial score (nSPS) is 10.3. The van der Waals surface area contributed by atoms with Gasteiger partial charge in [-0.1, -0.05) is 11.6 Å². The van der Waals surface area contributed by atoms with Crippen LogP contribution < -0.4 is 0 Å². The molecule has 2 heterocycles. The molecule has 0 fully saturated rings. The van der Waals surface area contributed by atoms with Crippen LogP contribution in [0.25, 0.3) is 11.4 Å². The molecule has 0 saturated carbocycles. The summed E-state index contributed by atoms with van der Waals surface area (Å²) in [6.07, 6.45) is 2.98. The van der Waals surface area contributed by atoms with Crippen molar-refractivity contribution in [1.29, 1.82) is 0 Å². The second-order valence-corrected chi connectivity index (χ2v) is 3.11. The second-order valence-electron chi connectivity index (χ2n) is 2.35. The van der Waals surface area contributed by atoms with Crippen LogP contribution in [0.2, 0.25) is 10.4 Å². The fourth-order valence-electron chi connectivity index (χ4n) is 0.897. The molecule has 5 heteroatoms. The Morgan fingerprint density at radius 3 is 2.54 bits per heavy atom. The molecule has 0 aliphatic heterocycles. The number of nitrogens with zero attached hydrogens (tertiary/aromatic N) is 2. The van der Waals surface area contributed by atoms with Crippen molar-refractivity contribution in [1.82, 2.24) is 9.97 Å². The number of rotatable bonds is 1. The fourth-order valence-corrected chi connectivity index (χ4v) is 1.14. The minimum absolute atomic E-state index is 0.103. The summed E-state index contributed by atoms with van der Waals surface area (Å²) in [5, 5.41) is 0.685. The molecular formula is C8H4Cl2N2O. The van der Waals surface area contributed by atoms with Crippen molar-refractivity contribution in [3.63, 3.8) is 0 Å². The summed E-state index contributed by atoms with van der Waals surface area (Å²) in [6.45, 7) is 0. The van der Waals surface area contributed by atoms with E-state index < -0.39 is 0 Å². The van der Waals surface area contributed by atoms with Gasteiger partial charge in [-0.05, 0) is 23.7 Å². The highest BCUT2D eigenvalue weighted by Gasteiger charge is 2.04. The number of pyridine rings is 1. The van der Waals surface area contributed by atoms with Crippen LogP contribution in [0.4, 0.5) is 0 Å². The first-order valence-corrected chi connectivity index (χ1v) is 4.24. The van der Waals surface area contributed by atoms with E-state index in [0.717, 1.165) is 0 Å². The van der Waals surface area contributed by atoms with Crippen LogP contribution in [0.1, 0.15) is 0 Å². The van der Waals surface area contributed by atoms with E-state index in [4.69, 9.17) is 27.6 Å². The Labute approximate surface area is 84.3 Å². The van der Waals surface area contributed by atoms with Gasteiger partial charge in [0.25, 0.3) is 5.35 Å². The Balaban J connectivity index is 2.41. The van der Waals surface area contributed by atoms with Crippen molar-refractivity contribution >= 4 is 23.2 Å². The molecule has 0 aromatic carbocycles. The summed E-state index contributed by atoms with van der Waals surface area (Å²) in [5.41, 5.74) is 1.28. The zero-order chi connectivity index (χ0) is 9.26. The van der Waals surface area contributed by atoms with E-state index in [-0.39, 0.29) is 5.35 Å². The van der Waals surface area contributed by atoms with Crippen LogP contribution in [-0.4, -0.2) is 9.97 Å². The summed E-state index contributed by atoms with van der Waals surface area (Å²) in [6, 6.07) is 3.48. The van der Waals surface area contributed by atoms with Gasteiger partial charge >= 0.3 is 0 Å². The van der Waals surface area contributed by atoms with Crippen LogP contribution in [0.5, 0.6) is 0 Å². The van der Waals surface area contributed by atoms with E-state index >= 15 is 0 Å². The minimum Gasteiger partial charge on any atom is -0.435 e. The van der Waals surface area contributed by atoms with Gasteiger partial charge in [-0.25, -0.2) is 0 Å². The van der Waals surface area contributed by atoms with Crippen LogP contribution >= 0.6 is 23.2 Å². The molecule has 0 radical (unpaired) electrons. The summed E-state index contributed by atoms with van der Waals surface area (Å²) >= 11 is 11.2.